The first-order valence-corrected chi connectivity index (χ1v) is 8.78. The van der Waals surface area contributed by atoms with Gasteiger partial charge < -0.3 is 10.3 Å². The van der Waals surface area contributed by atoms with E-state index in [9.17, 15) is 9.59 Å². The maximum Gasteiger partial charge on any atom is 0.326 e. The monoisotopic (exact) mass is 381 g/mol. The molecule has 0 aliphatic rings. The predicted octanol–water partition coefficient (Wildman–Crippen LogP) is 3.65. The predicted molar refractivity (Wildman–Crippen MR) is 105 cm³/mol. The molecule has 0 saturated carbocycles. The second kappa shape index (κ2) is 6.77. The highest BCUT2D eigenvalue weighted by atomic mass is 35.5. The Balaban J connectivity index is 1.57. The van der Waals surface area contributed by atoms with Crippen LogP contribution >= 0.6 is 11.6 Å². The van der Waals surface area contributed by atoms with E-state index in [1.807, 2.05) is 25.1 Å². The number of carbonyl (C=O) groups is 1. The molecule has 0 radical (unpaired) electrons. The van der Waals surface area contributed by atoms with Gasteiger partial charge in [-0.25, -0.2) is 4.79 Å². The summed E-state index contributed by atoms with van der Waals surface area (Å²) in [4.78, 5) is 27.2. The number of aromatic nitrogens is 4. The zero-order valence-corrected chi connectivity index (χ0v) is 15.2. The Hall–Kier alpha value is -3.32. The Morgan fingerprint density at radius 1 is 1.22 bits per heavy atom. The number of nitrogens with zero attached hydrogens (tertiary/aromatic N) is 2. The highest BCUT2D eigenvalue weighted by molar-refractivity contribution is 6.30. The van der Waals surface area contributed by atoms with Crippen LogP contribution in [-0.4, -0.2) is 25.7 Å². The fourth-order valence-corrected chi connectivity index (χ4v) is 3.19. The van der Waals surface area contributed by atoms with Gasteiger partial charge in [-0.15, -0.1) is 0 Å². The van der Waals surface area contributed by atoms with Crippen molar-refractivity contribution in [2.24, 2.45) is 0 Å². The number of benzene rings is 2. The number of amides is 1. The van der Waals surface area contributed by atoms with Crippen LogP contribution in [0.3, 0.4) is 0 Å². The molecule has 4 aromatic rings. The van der Waals surface area contributed by atoms with E-state index in [0.29, 0.717) is 28.5 Å². The highest BCUT2D eigenvalue weighted by Crippen LogP contribution is 2.23. The van der Waals surface area contributed by atoms with Crippen molar-refractivity contribution in [3.63, 3.8) is 0 Å². The lowest BCUT2D eigenvalue weighted by molar-refractivity contribution is 0.102. The zero-order valence-electron chi connectivity index (χ0n) is 14.4. The largest absolute Gasteiger partial charge is 0.326 e. The molecule has 7 nitrogen and oxygen atoms in total. The quantitative estimate of drug-likeness (QED) is 0.503. The lowest BCUT2D eigenvalue weighted by Crippen LogP contribution is -2.14. The van der Waals surface area contributed by atoms with Gasteiger partial charge in [0, 0.05) is 28.8 Å². The molecule has 2 heterocycles. The van der Waals surface area contributed by atoms with Crippen molar-refractivity contribution >= 4 is 34.4 Å². The minimum absolute atomic E-state index is 0.191. The third-order valence-corrected chi connectivity index (χ3v) is 4.54. The van der Waals surface area contributed by atoms with E-state index in [4.69, 9.17) is 11.6 Å². The van der Waals surface area contributed by atoms with Gasteiger partial charge in [0.25, 0.3) is 5.91 Å². The molecule has 2 aromatic carbocycles. The van der Waals surface area contributed by atoms with Crippen LogP contribution in [0.15, 0.2) is 53.3 Å². The van der Waals surface area contributed by atoms with Gasteiger partial charge in [0.05, 0.1) is 16.7 Å². The second-order valence-electron chi connectivity index (χ2n) is 6.04. The Labute approximate surface area is 159 Å². The van der Waals surface area contributed by atoms with Gasteiger partial charge >= 0.3 is 5.69 Å². The van der Waals surface area contributed by atoms with Crippen LogP contribution < -0.4 is 11.0 Å². The number of fused-ring (bicyclic) bond motifs is 1. The fourth-order valence-electron chi connectivity index (χ4n) is 3.00. The number of hydrogen-bond acceptors (Lipinski definition) is 3. The number of H-pyrrole nitrogens is 2. The molecule has 8 heteroatoms. The minimum Gasteiger partial charge on any atom is -0.306 e. The van der Waals surface area contributed by atoms with Crippen LogP contribution in [0.1, 0.15) is 17.3 Å². The first-order valence-electron chi connectivity index (χ1n) is 8.40. The molecule has 136 valence electrons. The van der Waals surface area contributed by atoms with Crippen LogP contribution in [0.2, 0.25) is 5.02 Å². The Morgan fingerprint density at radius 2 is 2.07 bits per heavy atom. The number of anilines is 1. The molecule has 3 N–H and O–H groups in total. The number of aromatic amines is 2. The Bertz CT molecular complexity index is 1200. The SMILES string of the molecule is CCn1c(=O)[nH]c2cc(C(=O)Nc3cc(-c4cccc(Cl)c4)[nH]n3)ccc21. The number of rotatable bonds is 4. The van der Waals surface area contributed by atoms with Crippen molar-refractivity contribution in [2.75, 3.05) is 5.32 Å². The van der Waals surface area contributed by atoms with Gasteiger partial charge in [0.2, 0.25) is 0 Å². The van der Waals surface area contributed by atoms with Crippen LogP contribution in [0.5, 0.6) is 0 Å². The number of aryl methyl sites for hydroxylation is 1. The lowest BCUT2D eigenvalue weighted by Gasteiger charge is -2.03. The molecule has 0 unspecified atom stereocenters. The summed E-state index contributed by atoms with van der Waals surface area (Å²) in [6.07, 6.45) is 0. The van der Waals surface area contributed by atoms with Gasteiger partial charge in [-0.3, -0.25) is 14.5 Å². The first kappa shape index (κ1) is 17.1. The van der Waals surface area contributed by atoms with Gasteiger partial charge in [-0.05, 0) is 37.3 Å². The van der Waals surface area contributed by atoms with Gasteiger partial charge in [-0.2, -0.15) is 5.10 Å². The summed E-state index contributed by atoms with van der Waals surface area (Å²) in [6, 6.07) is 14.2. The Morgan fingerprint density at radius 3 is 2.85 bits per heavy atom. The van der Waals surface area contributed by atoms with Crippen LogP contribution in [0, 0.1) is 0 Å². The summed E-state index contributed by atoms with van der Waals surface area (Å²) in [6.45, 7) is 2.45. The number of hydrogen-bond donors (Lipinski definition) is 3. The van der Waals surface area contributed by atoms with E-state index in [1.165, 1.54) is 0 Å². The maximum absolute atomic E-state index is 12.5. The summed E-state index contributed by atoms with van der Waals surface area (Å²) < 4.78 is 1.61. The third-order valence-electron chi connectivity index (χ3n) is 4.31. The summed E-state index contributed by atoms with van der Waals surface area (Å²) >= 11 is 6.01. The van der Waals surface area contributed by atoms with Crippen molar-refractivity contribution in [1.29, 1.82) is 0 Å². The molecule has 0 spiro atoms. The van der Waals surface area contributed by atoms with Gasteiger partial charge in [-0.1, -0.05) is 23.7 Å². The standard InChI is InChI=1S/C19H16ClN5O2/c1-2-25-16-7-6-12(9-15(16)21-19(25)27)18(26)22-17-10-14(23-24-17)11-4-3-5-13(20)8-11/h3-10H,2H2,1H3,(H,21,27)(H2,22,23,24,26). The van der Waals surface area contributed by atoms with Crippen molar-refractivity contribution in [1.82, 2.24) is 19.7 Å². The minimum atomic E-state index is -0.314. The van der Waals surface area contributed by atoms with Crippen LogP contribution in [-0.2, 0) is 6.54 Å². The smallest absolute Gasteiger partial charge is 0.306 e. The molecule has 2 aromatic heterocycles. The molecule has 27 heavy (non-hydrogen) atoms. The number of imidazole rings is 1. The van der Waals surface area contributed by atoms with Crippen LogP contribution in [0.4, 0.5) is 5.82 Å². The van der Waals surface area contributed by atoms with Crippen molar-refractivity contribution in [3.8, 4) is 11.3 Å². The summed E-state index contributed by atoms with van der Waals surface area (Å²) in [7, 11) is 0. The molecule has 4 rings (SSSR count). The summed E-state index contributed by atoms with van der Waals surface area (Å²) in [5.74, 6) is 0.0841. The Kier molecular flexibility index (Phi) is 4.29. The van der Waals surface area contributed by atoms with E-state index in [1.54, 1.807) is 34.9 Å². The van der Waals surface area contributed by atoms with E-state index in [2.05, 4.69) is 20.5 Å². The maximum atomic E-state index is 12.5. The highest BCUT2D eigenvalue weighted by Gasteiger charge is 2.12. The van der Waals surface area contributed by atoms with Crippen LogP contribution in [0.25, 0.3) is 22.3 Å². The van der Waals surface area contributed by atoms with Gasteiger partial charge in [0.15, 0.2) is 5.82 Å². The zero-order chi connectivity index (χ0) is 19.0. The lowest BCUT2D eigenvalue weighted by atomic mass is 10.1. The van der Waals surface area contributed by atoms with E-state index >= 15 is 0 Å². The van der Waals surface area contributed by atoms with Crippen molar-refractivity contribution in [2.45, 2.75) is 13.5 Å². The van der Waals surface area contributed by atoms with E-state index < -0.39 is 0 Å². The molecule has 1 amide bonds. The average Bonchev–Trinajstić information content (AvgIpc) is 3.24. The second-order valence-corrected chi connectivity index (χ2v) is 6.47. The van der Waals surface area contributed by atoms with Crippen molar-refractivity contribution in [3.05, 3.63) is 69.6 Å². The summed E-state index contributed by atoms with van der Waals surface area (Å²) in [5.41, 5.74) is 3.24. The van der Waals surface area contributed by atoms with E-state index in [0.717, 1.165) is 16.8 Å². The number of nitrogens with one attached hydrogen (secondary N) is 3. The number of carbonyl (C=O) groups excluding carboxylic acids is 1. The molecule has 0 atom stereocenters. The van der Waals surface area contributed by atoms with Gasteiger partial charge in [0.1, 0.15) is 0 Å². The summed E-state index contributed by atoms with van der Waals surface area (Å²) in [5, 5.41) is 10.4. The molecular formula is C19H16ClN5O2. The number of halogens is 1. The third kappa shape index (κ3) is 3.24. The molecule has 0 saturated heterocycles. The molecule has 0 fully saturated rings. The molecule has 0 bridgehead atoms. The topological polar surface area (TPSA) is 95.6 Å². The molecule has 0 aliphatic heterocycles. The normalized spacial score (nSPS) is 11.0. The van der Waals surface area contributed by atoms with Crippen molar-refractivity contribution < 1.29 is 4.79 Å². The molecular weight excluding hydrogens is 366 g/mol. The average molecular weight is 382 g/mol. The van der Waals surface area contributed by atoms with E-state index in [-0.39, 0.29) is 11.6 Å². The first-order chi connectivity index (χ1) is 13.0. The fraction of sp³-hybridized carbons (Fsp3) is 0.105. The molecule has 0 aliphatic carbocycles.